The van der Waals surface area contributed by atoms with E-state index in [1.807, 2.05) is 20.8 Å². The van der Waals surface area contributed by atoms with Crippen molar-refractivity contribution in [2.75, 3.05) is 19.0 Å². The fourth-order valence-corrected chi connectivity index (χ4v) is 2.64. The van der Waals surface area contributed by atoms with E-state index in [4.69, 9.17) is 16.3 Å². The van der Waals surface area contributed by atoms with Gasteiger partial charge < -0.3 is 9.64 Å². The molecule has 2 atom stereocenters. The standard InChI is InChI=1S/C12H20ClNO2/c1-12(2,3)16-11(15)14-6-9(7-14)10-4-8(10)5-13/h8-10H,4-7H2,1-3H3. The van der Waals surface area contributed by atoms with Crippen molar-refractivity contribution < 1.29 is 9.53 Å². The number of nitrogens with zero attached hydrogens (tertiary/aromatic N) is 1. The van der Waals surface area contributed by atoms with Crippen LogP contribution in [0.4, 0.5) is 4.79 Å². The first-order valence-electron chi connectivity index (χ1n) is 5.94. The van der Waals surface area contributed by atoms with Gasteiger partial charge in [0, 0.05) is 19.0 Å². The quantitative estimate of drug-likeness (QED) is 0.700. The summed E-state index contributed by atoms with van der Waals surface area (Å²) in [6.45, 7) is 7.39. The number of carbonyl (C=O) groups excluding carboxylic acids is 1. The Morgan fingerprint density at radius 3 is 2.50 bits per heavy atom. The third-order valence-corrected chi connectivity index (χ3v) is 3.74. The smallest absolute Gasteiger partial charge is 0.410 e. The predicted octanol–water partition coefficient (Wildman–Crippen LogP) is 2.73. The van der Waals surface area contributed by atoms with Gasteiger partial charge in [0.2, 0.25) is 0 Å². The topological polar surface area (TPSA) is 29.5 Å². The molecule has 1 amide bonds. The van der Waals surface area contributed by atoms with E-state index < -0.39 is 0 Å². The first-order valence-corrected chi connectivity index (χ1v) is 6.48. The molecular formula is C12H20ClNO2. The normalized spacial score (nSPS) is 29.9. The van der Waals surface area contributed by atoms with E-state index >= 15 is 0 Å². The number of hydrogen-bond acceptors (Lipinski definition) is 2. The molecule has 1 saturated carbocycles. The van der Waals surface area contributed by atoms with E-state index in [-0.39, 0.29) is 11.7 Å². The Morgan fingerprint density at radius 1 is 1.44 bits per heavy atom. The van der Waals surface area contributed by atoms with Crippen molar-refractivity contribution in [2.45, 2.75) is 32.8 Å². The maximum atomic E-state index is 11.7. The monoisotopic (exact) mass is 245 g/mol. The van der Waals surface area contributed by atoms with Crippen LogP contribution in [-0.4, -0.2) is 35.6 Å². The second-order valence-corrected chi connectivity index (χ2v) is 6.27. The molecule has 2 aliphatic rings. The van der Waals surface area contributed by atoms with Gasteiger partial charge in [0.1, 0.15) is 5.60 Å². The Morgan fingerprint density at radius 2 is 2.06 bits per heavy atom. The lowest BCUT2D eigenvalue weighted by molar-refractivity contribution is -0.00483. The van der Waals surface area contributed by atoms with Crippen molar-refractivity contribution >= 4 is 17.7 Å². The minimum absolute atomic E-state index is 0.174. The molecule has 0 radical (unpaired) electrons. The second-order valence-electron chi connectivity index (χ2n) is 5.96. The highest BCUT2D eigenvalue weighted by molar-refractivity contribution is 6.18. The lowest BCUT2D eigenvalue weighted by Crippen LogP contribution is -2.52. The minimum Gasteiger partial charge on any atom is -0.444 e. The zero-order chi connectivity index (χ0) is 11.9. The largest absolute Gasteiger partial charge is 0.444 e. The Bertz CT molecular complexity index is 281. The van der Waals surface area contributed by atoms with Crippen molar-refractivity contribution in [3.63, 3.8) is 0 Å². The van der Waals surface area contributed by atoms with Gasteiger partial charge in [-0.15, -0.1) is 11.6 Å². The van der Waals surface area contributed by atoms with E-state index in [9.17, 15) is 4.79 Å². The van der Waals surface area contributed by atoms with Gasteiger partial charge in [-0.25, -0.2) is 4.79 Å². The first-order chi connectivity index (χ1) is 7.40. The van der Waals surface area contributed by atoms with Crippen LogP contribution in [0.5, 0.6) is 0 Å². The molecule has 4 heteroatoms. The number of rotatable bonds is 2. The van der Waals surface area contributed by atoms with Gasteiger partial charge in [-0.3, -0.25) is 0 Å². The molecule has 2 unspecified atom stereocenters. The molecule has 0 spiro atoms. The molecule has 1 heterocycles. The number of ether oxygens (including phenoxy) is 1. The zero-order valence-electron chi connectivity index (χ0n) is 10.2. The van der Waals surface area contributed by atoms with E-state index in [0.29, 0.717) is 11.8 Å². The highest BCUT2D eigenvalue weighted by Gasteiger charge is 2.48. The molecule has 2 rings (SSSR count). The molecule has 3 nitrogen and oxygen atoms in total. The summed E-state index contributed by atoms with van der Waals surface area (Å²) in [5.41, 5.74) is -0.388. The highest BCUT2D eigenvalue weighted by atomic mass is 35.5. The van der Waals surface area contributed by atoms with Gasteiger partial charge in [-0.1, -0.05) is 0 Å². The summed E-state index contributed by atoms with van der Waals surface area (Å²) in [4.78, 5) is 13.4. The van der Waals surface area contributed by atoms with Gasteiger partial charge in [0.25, 0.3) is 0 Å². The van der Waals surface area contributed by atoms with Crippen LogP contribution in [0.15, 0.2) is 0 Å². The molecular weight excluding hydrogens is 226 g/mol. The van der Waals surface area contributed by atoms with Gasteiger partial charge in [-0.05, 0) is 44.9 Å². The molecule has 16 heavy (non-hydrogen) atoms. The molecule has 1 saturated heterocycles. The summed E-state index contributed by atoms with van der Waals surface area (Å²) in [6.07, 6.45) is 1.07. The van der Waals surface area contributed by atoms with Gasteiger partial charge >= 0.3 is 6.09 Å². The number of halogens is 1. The average molecular weight is 246 g/mol. The summed E-state index contributed by atoms with van der Waals surface area (Å²) in [5.74, 6) is 2.90. The summed E-state index contributed by atoms with van der Waals surface area (Å²) in [6, 6.07) is 0. The van der Waals surface area contributed by atoms with Crippen LogP contribution in [0.2, 0.25) is 0 Å². The van der Waals surface area contributed by atoms with Crippen molar-refractivity contribution in [2.24, 2.45) is 17.8 Å². The van der Waals surface area contributed by atoms with E-state index in [2.05, 4.69) is 0 Å². The number of alkyl halides is 1. The Hall–Kier alpha value is -0.440. The number of likely N-dealkylation sites (tertiary alicyclic amines) is 1. The maximum absolute atomic E-state index is 11.7. The highest BCUT2D eigenvalue weighted by Crippen LogP contribution is 2.48. The van der Waals surface area contributed by atoms with Crippen LogP contribution in [0.3, 0.4) is 0 Å². The van der Waals surface area contributed by atoms with E-state index in [0.717, 1.165) is 24.9 Å². The van der Waals surface area contributed by atoms with E-state index in [1.54, 1.807) is 4.90 Å². The van der Waals surface area contributed by atoms with Gasteiger partial charge in [0.05, 0.1) is 0 Å². The van der Waals surface area contributed by atoms with Crippen molar-refractivity contribution in [1.82, 2.24) is 4.90 Å². The Labute approximate surface area is 102 Å². The second kappa shape index (κ2) is 4.10. The Kier molecular flexibility index (Phi) is 3.08. The molecule has 1 aliphatic carbocycles. The summed E-state index contributed by atoms with van der Waals surface area (Å²) >= 11 is 5.80. The molecule has 2 fully saturated rings. The summed E-state index contributed by atoms with van der Waals surface area (Å²) < 4.78 is 5.30. The predicted molar refractivity (Wildman–Crippen MR) is 63.6 cm³/mol. The summed E-state index contributed by atoms with van der Waals surface area (Å²) in [7, 11) is 0. The van der Waals surface area contributed by atoms with Crippen molar-refractivity contribution in [3.8, 4) is 0 Å². The van der Waals surface area contributed by atoms with Crippen LogP contribution in [0.25, 0.3) is 0 Å². The van der Waals surface area contributed by atoms with Crippen LogP contribution < -0.4 is 0 Å². The lowest BCUT2D eigenvalue weighted by Gasteiger charge is -2.40. The van der Waals surface area contributed by atoms with Gasteiger partial charge in [0.15, 0.2) is 0 Å². The molecule has 0 aromatic heterocycles. The molecule has 92 valence electrons. The average Bonchev–Trinajstić information content (AvgIpc) is 2.77. The minimum atomic E-state index is -0.388. The maximum Gasteiger partial charge on any atom is 0.410 e. The third kappa shape index (κ3) is 2.62. The first kappa shape index (κ1) is 12.0. The lowest BCUT2D eigenvalue weighted by atomic mass is 9.94. The van der Waals surface area contributed by atoms with Crippen molar-refractivity contribution in [3.05, 3.63) is 0 Å². The van der Waals surface area contributed by atoms with Gasteiger partial charge in [-0.2, -0.15) is 0 Å². The number of carbonyl (C=O) groups is 1. The third-order valence-electron chi connectivity index (χ3n) is 3.34. The van der Waals surface area contributed by atoms with Crippen LogP contribution >= 0.6 is 11.6 Å². The zero-order valence-corrected chi connectivity index (χ0v) is 11.0. The fourth-order valence-electron chi connectivity index (χ4n) is 2.28. The Balaban J connectivity index is 1.70. The fraction of sp³-hybridized carbons (Fsp3) is 0.917. The van der Waals surface area contributed by atoms with Crippen molar-refractivity contribution in [1.29, 1.82) is 0 Å². The van der Waals surface area contributed by atoms with E-state index in [1.165, 1.54) is 6.42 Å². The van der Waals surface area contributed by atoms with Crippen LogP contribution in [0.1, 0.15) is 27.2 Å². The van der Waals surface area contributed by atoms with Crippen LogP contribution in [0, 0.1) is 17.8 Å². The molecule has 0 bridgehead atoms. The SMILES string of the molecule is CC(C)(C)OC(=O)N1CC(C2CC2CCl)C1. The number of hydrogen-bond donors (Lipinski definition) is 0. The molecule has 0 aromatic rings. The summed E-state index contributed by atoms with van der Waals surface area (Å²) in [5, 5.41) is 0. The molecule has 0 N–H and O–H groups in total. The molecule has 1 aliphatic heterocycles. The number of amides is 1. The van der Waals surface area contributed by atoms with Crippen LogP contribution in [-0.2, 0) is 4.74 Å². The molecule has 0 aromatic carbocycles.